The summed E-state index contributed by atoms with van der Waals surface area (Å²) in [6.45, 7) is 4.25. The van der Waals surface area contributed by atoms with Crippen LogP contribution in [0.3, 0.4) is 0 Å². The topological polar surface area (TPSA) is 83.5 Å². The van der Waals surface area contributed by atoms with Crippen LogP contribution in [0.15, 0.2) is 36.5 Å². The summed E-state index contributed by atoms with van der Waals surface area (Å²) >= 11 is 0. The van der Waals surface area contributed by atoms with Gasteiger partial charge in [-0.25, -0.2) is 4.98 Å². The summed E-state index contributed by atoms with van der Waals surface area (Å²) in [4.78, 5) is 15.3. The van der Waals surface area contributed by atoms with Crippen molar-refractivity contribution in [3.05, 3.63) is 42.1 Å². The summed E-state index contributed by atoms with van der Waals surface area (Å²) in [7, 11) is 0. The number of carbonyl (C=O) groups is 1. The fourth-order valence-electron chi connectivity index (χ4n) is 1.95. The highest BCUT2D eigenvalue weighted by Gasteiger charge is 2.10. The van der Waals surface area contributed by atoms with Crippen LogP contribution in [0.5, 0.6) is 5.75 Å². The second kappa shape index (κ2) is 7.31. The molecule has 1 aromatic carbocycles. The van der Waals surface area contributed by atoms with Crippen LogP contribution in [0.25, 0.3) is 0 Å². The van der Waals surface area contributed by atoms with E-state index < -0.39 is 0 Å². The van der Waals surface area contributed by atoms with Crippen LogP contribution >= 0.6 is 0 Å². The van der Waals surface area contributed by atoms with Crippen LogP contribution in [-0.4, -0.2) is 22.6 Å². The van der Waals surface area contributed by atoms with Gasteiger partial charge in [-0.2, -0.15) is 0 Å². The second-order valence-corrected chi connectivity index (χ2v) is 4.68. The van der Waals surface area contributed by atoms with Crippen LogP contribution in [-0.2, 0) is 16.1 Å². The molecule has 0 aliphatic carbocycles. The quantitative estimate of drug-likeness (QED) is 0.562. The monoisotopic (exact) mass is 301 g/mol. The highest BCUT2D eigenvalue weighted by Crippen LogP contribution is 2.28. The fraction of sp³-hybridized carbons (Fsp3) is 0.250. The molecule has 0 unspecified atom stereocenters. The van der Waals surface area contributed by atoms with E-state index in [1.165, 1.54) is 6.92 Å². The zero-order valence-electron chi connectivity index (χ0n) is 12.6. The Hall–Kier alpha value is -2.76. The van der Waals surface area contributed by atoms with Gasteiger partial charge in [0.05, 0.1) is 5.69 Å². The van der Waals surface area contributed by atoms with Crippen molar-refractivity contribution in [2.24, 2.45) is 0 Å². The maximum absolute atomic E-state index is 11.0. The van der Waals surface area contributed by atoms with Crippen LogP contribution in [0.2, 0.25) is 0 Å². The van der Waals surface area contributed by atoms with E-state index in [4.69, 9.17) is 4.74 Å². The summed E-state index contributed by atoms with van der Waals surface area (Å²) in [5.41, 5.74) is 2.43. The number of anilines is 3. The van der Waals surface area contributed by atoms with Gasteiger partial charge < -0.3 is 20.5 Å². The van der Waals surface area contributed by atoms with Crippen LogP contribution in [0, 0.1) is 0 Å². The molecular formula is C16H19N3O3. The van der Waals surface area contributed by atoms with Crippen molar-refractivity contribution in [3.63, 3.8) is 0 Å². The standard InChI is InChI=1S/C16H19N3O3/c1-3-17-15-12(10-22-11(2)20)8-9-18-16(15)19-13-4-6-14(21)7-5-13/h4-9,17,21H,3,10H2,1-2H3,(H,18,19). The average Bonchev–Trinajstić information content (AvgIpc) is 2.50. The molecule has 0 spiro atoms. The first-order valence-corrected chi connectivity index (χ1v) is 7.01. The molecule has 0 aliphatic rings. The lowest BCUT2D eigenvalue weighted by Crippen LogP contribution is -2.08. The molecule has 116 valence electrons. The zero-order valence-corrected chi connectivity index (χ0v) is 12.6. The number of carbonyl (C=O) groups excluding carboxylic acids is 1. The molecule has 6 heteroatoms. The lowest BCUT2D eigenvalue weighted by Gasteiger charge is -2.16. The predicted octanol–water partition coefficient (Wildman–Crippen LogP) is 3.03. The minimum atomic E-state index is -0.327. The number of hydrogen-bond donors (Lipinski definition) is 3. The Bertz CT molecular complexity index is 642. The van der Waals surface area contributed by atoms with E-state index in [1.807, 2.05) is 13.0 Å². The van der Waals surface area contributed by atoms with Crippen LogP contribution < -0.4 is 10.6 Å². The minimum Gasteiger partial charge on any atom is -0.508 e. The highest BCUT2D eigenvalue weighted by molar-refractivity contribution is 5.74. The van der Waals surface area contributed by atoms with Gasteiger partial charge in [-0.3, -0.25) is 4.79 Å². The maximum Gasteiger partial charge on any atom is 0.302 e. The van der Waals surface area contributed by atoms with Crippen LogP contribution in [0.4, 0.5) is 17.2 Å². The third kappa shape index (κ3) is 4.12. The van der Waals surface area contributed by atoms with Gasteiger partial charge in [0.15, 0.2) is 5.82 Å². The van der Waals surface area contributed by atoms with Crippen molar-refractivity contribution < 1.29 is 14.6 Å². The molecule has 3 N–H and O–H groups in total. The van der Waals surface area contributed by atoms with Gasteiger partial charge in [-0.05, 0) is 37.3 Å². The predicted molar refractivity (Wildman–Crippen MR) is 85.3 cm³/mol. The molecule has 0 bridgehead atoms. The smallest absolute Gasteiger partial charge is 0.302 e. The molecule has 0 fully saturated rings. The van der Waals surface area contributed by atoms with E-state index in [0.717, 1.165) is 16.9 Å². The number of benzene rings is 1. The third-order valence-electron chi connectivity index (χ3n) is 2.95. The number of phenolic OH excluding ortho intramolecular Hbond substituents is 1. The van der Waals surface area contributed by atoms with Gasteiger partial charge in [-0.1, -0.05) is 0 Å². The number of pyridine rings is 1. The molecule has 1 heterocycles. The Balaban J connectivity index is 2.27. The molecule has 0 amide bonds. The average molecular weight is 301 g/mol. The number of nitrogens with zero attached hydrogens (tertiary/aromatic N) is 1. The van der Waals surface area contributed by atoms with Crippen LogP contribution in [0.1, 0.15) is 19.4 Å². The first kappa shape index (κ1) is 15.6. The molecule has 2 rings (SSSR count). The van der Waals surface area contributed by atoms with Gasteiger partial charge >= 0.3 is 5.97 Å². The van der Waals surface area contributed by atoms with Crippen molar-refractivity contribution in [1.29, 1.82) is 0 Å². The molecule has 0 atom stereocenters. The van der Waals surface area contributed by atoms with Crippen molar-refractivity contribution in [2.75, 3.05) is 17.2 Å². The van der Waals surface area contributed by atoms with Crippen molar-refractivity contribution >= 4 is 23.2 Å². The van der Waals surface area contributed by atoms with E-state index >= 15 is 0 Å². The van der Waals surface area contributed by atoms with Gasteiger partial charge in [0.1, 0.15) is 12.4 Å². The summed E-state index contributed by atoms with van der Waals surface area (Å²) in [5, 5.41) is 15.7. The van der Waals surface area contributed by atoms with E-state index in [-0.39, 0.29) is 18.3 Å². The first-order valence-electron chi connectivity index (χ1n) is 7.01. The molecule has 0 radical (unpaired) electrons. The molecule has 2 aromatic rings. The fourth-order valence-corrected chi connectivity index (χ4v) is 1.95. The second-order valence-electron chi connectivity index (χ2n) is 4.68. The van der Waals surface area contributed by atoms with Gasteiger partial charge in [0.25, 0.3) is 0 Å². The number of aromatic hydroxyl groups is 1. The number of aromatic nitrogens is 1. The Morgan fingerprint density at radius 2 is 2.00 bits per heavy atom. The largest absolute Gasteiger partial charge is 0.508 e. The summed E-state index contributed by atoms with van der Waals surface area (Å²) < 4.78 is 5.07. The van der Waals surface area contributed by atoms with E-state index in [0.29, 0.717) is 12.4 Å². The maximum atomic E-state index is 11.0. The van der Waals surface area contributed by atoms with Crippen molar-refractivity contribution in [2.45, 2.75) is 20.5 Å². The lowest BCUT2D eigenvalue weighted by atomic mass is 10.2. The molecular weight excluding hydrogens is 282 g/mol. The summed E-state index contributed by atoms with van der Waals surface area (Å²) in [5.74, 6) is 0.513. The van der Waals surface area contributed by atoms with E-state index in [1.54, 1.807) is 30.5 Å². The lowest BCUT2D eigenvalue weighted by molar-refractivity contribution is -0.142. The molecule has 0 aliphatic heterocycles. The first-order chi connectivity index (χ1) is 10.6. The molecule has 1 aromatic heterocycles. The number of ether oxygens (including phenoxy) is 1. The number of nitrogens with one attached hydrogen (secondary N) is 2. The van der Waals surface area contributed by atoms with E-state index in [9.17, 15) is 9.90 Å². The number of phenols is 1. The minimum absolute atomic E-state index is 0.185. The number of esters is 1. The van der Waals surface area contributed by atoms with Gasteiger partial charge in [0, 0.05) is 30.9 Å². The molecule has 6 nitrogen and oxygen atoms in total. The normalized spacial score (nSPS) is 10.1. The molecule has 0 saturated carbocycles. The highest BCUT2D eigenvalue weighted by atomic mass is 16.5. The third-order valence-corrected chi connectivity index (χ3v) is 2.95. The van der Waals surface area contributed by atoms with Gasteiger partial charge in [-0.15, -0.1) is 0 Å². The Kier molecular flexibility index (Phi) is 5.19. The van der Waals surface area contributed by atoms with Gasteiger partial charge in [0.2, 0.25) is 0 Å². The number of hydrogen-bond acceptors (Lipinski definition) is 6. The Morgan fingerprint density at radius 1 is 1.27 bits per heavy atom. The molecule has 0 saturated heterocycles. The number of rotatable bonds is 6. The summed E-state index contributed by atoms with van der Waals surface area (Å²) in [6, 6.07) is 8.51. The van der Waals surface area contributed by atoms with Crippen molar-refractivity contribution in [1.82, 2.24) is 4.98 Å². The summed E-state index contributed by atoms with van der Waals surface area (Å²) in [6.07, 6.45) is 1.66. The van der Waals surface area contributed by atoms with E-state index in [2.05, 4.69) is 15.6 Å². The Labute approximate surface area is 129 Å². The zero-order chi connectivity index (χ0) is 15.9. The Morgan fingerprint density at radius 3 is 2.64 bits per heavy atom. The SMILES string of the molecule is CCNc1c(COC(C)=O)ccnc1Nc1ccc(O)cc1. The van der Waals surface area contributed by atoms with Crippen molar-refractivity contribution in [3.8, 4) is 5.75 Å². The molecule has 22 heavy (non-hydrogen) atoms.